The van der Waals surface area contributed by atoms with Crippen molar-refractivity contribution in [2.24, 2.45) is 5.92 Å². The Labute approximate surface area is 109 Å². The van der Waals surface area contributed by atoms with Crippen LogP contribution < -0.4 is 5.32 Å². The second-order valence-electron chi connectivity index (χ2n) is 5.36. The maximum absolute atomic E-state index is 13.4. The lowest BCUT2D eigenvalue weighted by atomic mass is 9.82. The molecule has 4 heteroatoms. The number of hydrogen-bond donors (Lipinski definition) is 1. The first-order valence-electron chi connectivity index (χ1n) is 7.26. The minimum atomic E-state index is -2.44. The van der Waals surface area contributed by atoms with Crippen LogP contribution in [-0.4, -0.2) is 31.7 Å². The summed E-state index contributed by atoms with van der Waals surface area (Å²) < 4.78 is 32.2. The molecule has 1 N–H and O–H groups in total. The molecule has 0 heterocycles. The Bertz CT molecular complexity index is 216. The van der Waals surface area contributed by atoms with Crippen molar-refractivity contribution in [2.45, 2.75) is 64.3 Å². The summed E-state index contributed by atoms with van der Waals surface area (Å²) in [5.74, 6) is -2.30. The van der Waals surface area contributed by atoms with E-state index >= 15 is 0 Å². The normalized spacial score (nSPS) is 25.0. The van der Waals surface area contributed by atoms with E-state index in [0.717, 1.165) is 25.8 Å². The number of hydrogen-bond acceptors (Lipinski definition) is 2. The van der Waals surface area contributed by atoms with E-state index in [2.05, 4.69) is 12.2 Å². The Kier molecular flexibility index (Phi) is 7.08. The van der Waals surface area contributed by atoms with Crippen molar-refractivity contribution in [1.29, 1.82) is 0 Å². The van der Waals surface area contributed by atoms with E-state index in [-0.39, 0.29) is 24.8 Å². The van der Waals surface area contributed by atoms with Gasteiger partial charge in [0.15, 0.2) is 0 Å². The van der Waals surface area contributed by atoms with Gasteiger partial charge in [0, 0.05) is 25.5 Å². The van der Waals surface area contributed by atoms with Crippen LogP contribution in [0.3, 0.4) is 0 Å². The Morgan fingerprint density at radius 2 is 2.17 bits per heavy atom. The van der Waals surface area contributed by atoms with Crippen molar-refractivity contribution in [2.75, 3.05) is 19.8 Å². The fraction of sp³-hybridized carbons (Fsp3) is 1.00. The first kappa shape index (κ1) is 15.8. The quantitative estimate of drug-likeness (QED) is 0.722. The van der Waals surface area contributed by atoms with Crippen molar-refractivity contribution >= 4 is 0 Å². The summed E-state index contributed by atoms with van der Waals surface area (Å²) in [5, 5.41) is 3.41. The highest BCUT2D eigenvalue weighted by molar-refractivity contribution is 4.81. The molecule has 0 aromatic heterocycles. The molecule has 0 saturated heterocycles. The van der Waals surface area contributed by atoms with Gasteiger partial charge in [-0.25, -0.2) is 8.78 Å². The Morgan fingerprint density at radius 3 is 2.78 bits per heavy atom. The van der Waals surface area contributed by atoms with E-state index in [0.29, 0.717) is 19.6 Å². The largest absolute Gasteiger partial charge is 0.380 e. The van der Waals surface area contributed by atoms with E-state index in [1.807, 2.05) is 6.92 Å². The molecule has 0 spiro atoms. The topological polar surface area (TPSA) is 21.3 Å². The summed E-state index contributed by atoms with van der Waals surface area (Å²) in [6, 6.07) is 0.226. The molecule has 108 valence electrons. The Hall–Kier alpha value is -0.220. The lowest BCUT2D eigenvalue weighted by Gasteiger charge is -2.31. The average molecular weight is 263 g/mol. The highest BCUT2D eigenvalue weighted by atomic mass is 19.3. The fourth-order valence-corrected chi connectivity index (χ4v) is 2.70. The molecule has 2 unspecified atom stereocenters. The van der Waals surface area contributed by atoms with Gasteiger partial charge in [-0.2, -0.15) is 0 Å². The molecule has 1 rings (SSSR count). The molecule has 1 aliphatic carbocycles. The third-order valence-corrected chi connectivity index (χ3v) is 3.57. The number of rotatable bonds is 8. The number of alkyl halides is 2. The Balaban J connectivity index is 2.37. The van der Waals surface area contributed by atoms with Crippen molar-refractivity contribution in [3.05, 3.63) is 0 Å². The van der Waals surface area contributed by atoms with Crippen LogP contribution in [0.15, 0.2) is 0 Å². The molecule has 2 nitrogen and oxygen atoms in total. The van der Waals surface area contributed by atoms with Crippen LogP contribution in [0.5, 0.6) is 0 Å². The minimum Gasteiger partial charge on any atom is -0.380 e. The third kappa shape index (κ3) is 6.10. The molecule has 0 aliphatic heterocycles. The van der Waals surface area contributed by atoms with E-state index in [1.54, 1.807) is 0 Å². The maximum atomic E-state index is 13.4. The van der Waals surface area contributed by atoms with Crippen molar-refractivity contribution in [1.82, 2.24) is 5.32 Å². The van der Waals surface area contributed by atoms with Crippen LogP contribution >= 0.6 is 0 Å². The molecule has 2 atom stereocenters. The fourth-order valence-electron chi connectivity index (χ4n) is 2.70. The average Bonchev–Trinajstić information content (AvgIpc) is 2.31. The molecule has 0 amide bonds. The molecule has 1 fully saturated rings. The molecular weight excluding hydrogens is 236 g/mol. The zero-order valence-electron chi connectivity index (χ0n) is 11.7. The van der Waals surface area contributed by atoms with Gasteiger partial charge in [0.1, 0.15) is 0 Å². The number of nitrogens with one attached hydrogen (secondary N) is 1. The van der Waals surface area contributed by atoms with Gasteiger partial charge >= 0.3 is 0 Å². The van der Waals surface area contributed by atoms with Gasteiger partial charge in [0.2, 0.25) is 5.92 Å². The summed E-state index contributed by atoms with van der Waals surface area (Å²) in [7, 11) is 0. The van der Waals surface area contributed by atoms with Crippen molar-refractivity contribution in [3.63, 3.8) is 0 Å². The molecule has 0 radical (unpaired) electrons. The second-order valence-corrected chi connectivity index (χ2v) is 5.36. The molecular formula is C14H27F2NO. The van der Waals surface area contributed by atoms with E-state index in [9.17, 15) is 8.78 Å². The van der Waals surface area contributed by atoms with E-state index < -0.39 is 5.92 Å². The SMILES string of the molecule is CCCNC(COCC)CC1CCCC(F)(F)C1. The lowest BCUT2D eigenvalue weighted by Crippen LogP contribution is -2.38. The van der Waals surface area contributed by atoms with Crippen LogP contribution in [0.2, 0.25) is 0 Å². The van der Waals surface area contributed by atoms with Gasteiger partial charge in [-0.1, -0.05) is 6.92 Å². The summed E-state index contributed by atoms with van der Waals surface area (Å²) in [6.45, 7) is 6.33. The molecule has 0 aromatic carbocycles. The molecule has 1 aliphatic rings. The second kappa shape index (κ2) is 8.05. The monoisotopic (exact) mass is 263 g/mol. The standard InChI is InChI=1S/C14H27F2NO/c1-3-8-17-13(11-18-4-2)9-12-6-5-7-14(15,16)10-12/h12-13,17H,3-11H2,1-2H3. The lowest BCUT2D eigenvalue weighted by molar-refractivity contribution is -0.0560. The van der Waals surface area contributed by atoms with Gasteiger partial charge in [0.05, 0.1) is 6.61 Å². The van der Waals surface area contributed by atoms with Crippen molar-refractivity contribution in [3.8, 4) is 0 Å². The Morgan fingerprint density at radius 1 is 1.39 bits per heavy atom. The molecule has 0 bridgehead atoms. The number of ether oxygens (including phenoxy) is 1. The summed E-state index contributed by atoms with van der Waals surface area (Å²) in [6.07, 6.45) is 3.60. The zero-order valence-corrected chi connectivity index (χ0v) is 11.7. The van der Waals surface area contributed by atoms with Gasteiger partial charge in [0.25, 0.3) is 0 Å². The van der Waals surface area contributed by atoms with Gasteiger partial charge < -0.3 is 10.1 Å². The number of halogens is 2. The summed E-state index contributed by atoms with van der Waals surface area (Å²) in [4.78, 5) is 0. The smallest absolute Gasteiger partial charge is 0.248 e. The molecule has 1 saturated carbocycles. The highest BCUT2D eigenvalue weighted by Gasteiger charge is 2.36. The predicted octanol–water partition coefficient (Wildman–Crippen LogP) is 3.61. The zero-order chi connectivity index (χ0) is 13.4. The highest BCUT2D eigenvalue weighted by Crippen LogP contribution is 2.38. The molecule has 18 heavy (non-hydrogen) atoms. The van der Waals surface area contributed by atoms with Crippen LogP contribution in [0.25, 0.3) is 0 Å². The maximum Gasteiger partial charge on any atom is 0.248 e. The van der Waals surface area contributed by atoms with E-state index in [1.165, 1.54) is 0 Å². The predicted molar refractivity (Wildman–Crippen MR) is 70.1 cm³/mol. The third-order valence-electron chi connectivity index (χ3n) is 3.57. The first-order chi connectivity index (χ1) is 8.57. The summed E-state index contributed by atoms with van der Waals surface area (Å²) >= 11 is 0. The van der Waals surface area contributed by atoms with Crippen LogP contribution in [-0.2, 0) is 4.74 Å². The van der Waals surface area contributed by atoms with Gasteiger partial charge in [-0.3, -0.25) is 0 Å². The van der Waals surface area contributed by atoms with E-state index in [4.69, 9.17) is 4.74 Å². The van der Waals surface area contributed by atoms with Crippen LogP contribution in [0, 0.1) is 5.92 Å². The van der Waals surface area contributed by atoms with Crippen molar-refractivity contribution < 1.29 is 13.5 Å². The van der Waals surface area contributed by atoms with Gasteiger partial charge in [-0.05, 0) is 45.1 Å². The first-order valence-corrected chi connectivity index (χ1v) is 7.26. The van der Waals surface area contributed by atoms with Crippen LogP contribution in [0.1, 0.15) is 52.4 Å². The minimum absolute atomic E-state index is 0.0590. The van der Waals surface area contributed by atoms with Crippen LogP contribution in [0.4, 0.5) is 8.78 Å². The summed E-state index contributed by atoms with van der Waals surface area (Å²) in [5.41, 5.74) is 0. The molecule has 0 aromatic rings. The van der Waals surface area contributed by atoms with Gasteiger partial charge in [-0.15, -0.1) is 0 Å².